The molecule has 0 spiro atoms. The number of benzene rings is 1. The summed E-state index contributed by atoms with van der Waals surface area (Å²) in [5, 5.41) is 3.39. The van der Waals surface area contributed by atoms with Crippen molar-refractivity contribution in [1.29, 1.82) is 0 Å². The number of anilines is 1. The molecule has 3 atom stereocenters. The van der Waals surface area contributed by atoms with Crippen LogP contribution in [0.4, 0.5) is 10.1 Å². The minimum Gasteiger partial charge on any atom is -0.314 e. The molecule has 18 heavy (non-hydrogen) atoms. The fraction of sp³-hybridized carbons (Fsp3) is 0.500. The van der Waals surface area contributed by atoms with E-state index in [4.69, 9.17) is 0 Å². The summed E-state index contributed by atoms with van der Waals surface area (Å²) in [5.41, 5.74) is 0.742. The summed E-state index contributed by atoms with van der Waals surface area (Å²) in [5.74, 6) is 0.289. The first kappa shape index (κ1) is 11.7. The summed E-state index contributed by atoms with van der Waals surface area (Å²) < 4.78 is 12.9. The van der Waals surface area contributed by atoms with E-state index in [9.17, 15) is 9.18 Å². The van der Waals surface area contributed by atoms with Gasteiger partial charge in [0.1, 0.15) is 5.82 Å². The standard InChI is InChI=1S/C14H17FN2O/c1-17(12-6-3-10(15)4-7-12)14(18)13-9-2-5-11(8-9)16-13/h3-4,6-7,9,11,13,16H,2,5,8H2,1H3/t9-,11+,13-/m0/s1. The van der Waals surface area contributed by atoms with Gasteiger partial charge in [-0.25, -0.2) is 4.39 Å². The minimum absolute atomic E-state index is 0.0567. The van der Waals surface area contributed by atoms with E-state index in [2.05, 4.69) is 5.32 Å². The number of amides is 1. The van der Waals surface area contributed by atoms with Crippen LogP contribution in [0.15, 0.2) is 24.3 Å². The molecule has 2 bridgehead atoms. The van der Waals surface area contributed by atoms with Crippen LogP contribution in [0.5, 0.6) is 0 Å². The number of nitrogens with zero attached hydrogens (tertiary/aromatic N) is 1. The Balaban J connectivity index is 1.74. The summed E-state index contributed by atoms with van der Waals surface area (Å²) in [4.78, 5) is 14.0. The Kier molecular flexibility index (Phi) is 2.82. The Morgan fingerprint density at radius 1 is 1.33 bits per heavy atom. The quantitative estimate of drug-likeness (QED) is 0.867. The lowest BCUT2D eigenvalue weighted by Gasteiger charge is -2.27. The molecule has 3 nitrogen and oxygen atoms in total. The van der Waals surface area contributed by atoms with Gasteiger partial charge in [0.05, 0.1) is 6.04 Å². The zero-order valence-electron chi connectivity index (χ0n) is 10.4. The smallest absolute Gasteiger partial charge is 0.244 e. The average molecular weight is 248 g/mol. The zero-order chi connectivity index (χ0) is 12.7. The molecule has 1 N–H and O–H groups in total. The summed E-state index contributed by atoms with van der Waals surface area (Å²) >= 11 is 0. The molecule has 0 radical (unpaired) electrons. The molecule has 4 heteroatoms. The Morgan fingerprint density at radius 3 is 2.61 bits per heavy atom. The molecule has 1 amide bonds. The molecule has 3 rings (SSSR count). The predicted octanol–water partition coefficient (Wildman–Crippen LogP) is 1.93. The number of piperidine rings is 1. The second kappa shape index (κ2) is 4.35. The topological polar surface area (TPSA) is 32.3 Å². The first-order valence-corrected chi connectivity index (χ1v) is 6.44. The molecule has 1 saturated carbocycles. The molecule has 0 unspecified atom stereocenters. The molecule has 1 heterocycles. The minimum atomic E-state index is -0.280. The lowest BCUT2D eigenvalue weighted by molar-refractivity contribution is -0.121. The molecule has 1 aliphatic carbocycles. The zero-order valence-corrected chi connectivity index (χ0v) is 10.4. The van der Waals surface area contributed by atoms with Crippen LogP contribution in [0, 0.1) is 11.7 Å². The van der Waals surface area contributed by atoms with E-state index in [1.54, 1.807) is 24.1 Å². The van der Waals surface area contributed by atoms with Crippen LogP contribution in [-0.2, 0) is 4.79 Å². The van der Waals surface area contributed by atoms with Crippen molar-refractivity contribution in [3.05, 3.63) is 30.1 Å². The number of carbonyl (C=O) groups excluding carboxylic acids is 1. The normalized spacial score (nSPS) is 29.6. The number of hydrogen-bond acceptors (Lipinski definition) is 2. The molecule has 1 aliphatic heterocycles. The Bertz CT molecular complexity index is 459. The summed E-state index contributed by atoms with van der Waals surface area (Å²) in [6.07, 6.45) is 3.45. The van der Waals surface area contributed by atoms with Crippen LogP contribution in [0.1, 0.15) is 19.3 Å². The largest absolute Gasteiger partial charge is 0.314 e. The SMILES string of the molecule is CN(C(=O)[C@H]1N[C@@H]2CC[C@H]1C2)c1ccc(F)cc1. The van der Waals surface area contributed by atoms with Crippen LogP contribution >= 0.6 is 0 Å². The van der Waals surface area contributed by atoms with Gasteiger partial charge in [0.15, 0.2) is 0 Å². The number of carbonyl (C=O) groups is 1. The monoisotopic (exact) mass is 248 g/mol. The highest BCUT2D eigenvalue weighted by atomic mass is 19.1. The number of hydrogen-bond donors (Lipinski definition) is 1. The van der Waals surface area contributed by atoms with E-state index < -0.39 is 0 Å². The van der Waals surface area contributed by atoms with E-state index >= 15 is 0 Å². The number of rotatable bonds is 2. The van der Waals surface area contributed by atoms with Crippen molar-refractivity contribution >= 4 is 11.6 Å². The van der Waals surface area contributed by atoms with Crippen molar-refractivity contribution in [3.8, 4) is 0 Å². The summed E-state index contributed by atoms with van der Waals surface area (Å²) in [6, 6.07) is 6.51. The van der Waals surface area contributed by atoms with Crippen LogP contribution in [0.3, 0.4) is 0 Å². The van der Waals surface area contributed by atoms with Crippen molar-refractivity contribution in [2.24, 2.45) is 5.92 Å². The maximum Gasteiger partial charge on any atom is 0.244 e. The van der Waals surface area contributed by atoms with E-state index in [1.807, 2.05) is 0 Å². The highest BCUT2D eigenvalue weighted by molar-refractivity contribution is 5.97. The second-order valence-electron chi connectivity index (χ2n) is 5.29. The van der Waals surface area contributed by atoms with Crippen molar-refractivity contribution < 1.29 is 9.18 Å². The maximum atomic E-state index is 12.9. The number of nitrogens with one attached hydrogen (secondary N) is 1. The van der Waals surface area contributed by atoms with Crippen LogP contribution in [-0.4, -0.2) is 25.0 Å². The molecule has 2 fully saturated rings. The molecular formula is C14H17FN2O. The number of fused-ring (bicyclic) bond motifs is 2. The van der Waals surface area contributed by atoms with E-state index in [-0.39, 0.29) is 17.8 Å². The summed E-state index contributed by atoms with van der Waals surface area (Å²) in [6.45, 7) is 0. The molecule has 0 aromatic heterocycles. The van der Waals surface area contributed by atoms with Crippen LogP contribution < -0.4 is 10.2 Å². The molecular weight excluding hydrogens is 231 g/mol. The number of likely N-dealkylation sites (N-methyl/N-ethyl adjacent to an activating group) is 1. The van der Waals surface area contributed by atoms with Crippen molar-refractivity contribution in [1.82, 2.24) is 5.32 Å². The highest BCUT2D eigenvalue weighted by Crippen LogP contribution is 2.36. The number of halogens is 1. The average Bonchev–Trinajstić information content (AvgIpc) is 3.00. The van der Waals surface area contributed by atoms with Gasteiger partial charge >= 0.3 is 0 Å². The van der Waals surface area contributed by atoms with E-state index in [0.29, 0.717) is 12.0 Å². The molecule has 2 aliphatic rings. The maximum absolute atomic E-state index is 12.9. The summed E-state index contributed by atoms with van der Waals surface area (Å²) in [7, 11) is 1.75. The fourth-order valence-electron chi connectivity index (χ4n) is 3.13. The van der Waals surface area contributed by atoms with Gasteiger partial charge in [-0.1, -0.05) is 0 Å². The second-order valence-corrected chi connectivity index (χ2v) is 5.29. The van der Waals surface area contributed by atoms with Gasteiger partial charge in [-0.2, -0.15) is 0 Å². The fourth-order valence-corrected chi connectivity index (χ4v) is 3.13. The molecule has 1 saturated heterocycles. The van der Waals surface area contributed by atoms with Crippen LogP contribution in [0.2, 0.25) is 0 Å². The Morgan fingerprint density at radius 2 is 2.06 bits per heavy atom. The van der Waals surface area contributed by atoms with Gasteiger partial charge in [-0.3, -0.25) is 4.79 Å². The van der Waals surface area contributed by atoms with E-state index in [0.717, 1.165) is 18.5 Å². The van der Waals surface area contributed by atoms with Crippen molar-refractivity contribution in [2.75, 3.05) is 11.9 Å². The third-order valence-electron chi connectivity index (χ3n) is 4.17. The molecule has 1 aromatic carbocycles. The Hall–Kier alpha value is -1.42. The lowest BCUT2D eigenvalue weighted by atomic mass is 9.99. The van der Waals surface area contributed by atoms with Gasteiger partial charge in [-0.05, 0) is 49.4 Å². The van der Waals surface area contributed by atoms with Gasteiger partial charge in [-0.15, -0.1) is 0 Å². The highest BCUT2D eigenvalue weighted by Gasteiger charge is 2.43. The van der Waals surface area contributed by atoms with Crippen molar-refractivity contribution in [3.63, 3.8) is 0 Å². The van der Waals surface area contributed by atoms with Crippen molar-refractivity contribution in [2.45, 2.75) is 31.3 Å². The van der Waals surface area contributed by atoms with Crippen LogP contribution in [0.25, 0.3) is 0 Å². The first-order valence-electron chi connectivity index (χ1n) is 6.44. The molecule has 1 aromatic rings. The lowest BCUT2D eigenvalue weighted by Crippen LogP contribution is -2.48. The predicted molar refractivity (Wildman–Crippen MR) is 67.9 cm³/mol. The van der Waals surface area contributed by atoms with Gasteiger partial charge < -0.3 is 10.2 Å². The van der Waals surface area contributed by atoms with Gasteiger partial charge in [0.25, 0.3) is 0 Å². The first-order chi connectivity index (χ1) is 8.65. The molecule has 96 valence electrons. The van der Waals surface area contributed by atoms with E-state index in [1.165, 1.54) is 18.6 Å². The third-order valence-corrected chi connectivity index (χ3v) is 4.17. The third kappa shape index (κ3) is 1.90. The van der Waals surface area contributed by atoms with Gasteiger partial charge in [0, 0.05) is 18.8 Å². The van der Waals surface area contributed by atoms with Gasteiger partial charge in [0.2, 0.25) is 5.91 Å². The Labute approximate surface area is 106 Å².